The third-order valence-electron chi connectivity index (χ3n) is 2.12. The van der Waals surface area contributed by atoms with Crippen molar-refractivity contribution in [1.82, 2.24) is 0 Å². The number of carboxylic acid groups (broad SMARTS) is 1. The molecule has 0 unspecified atom stereocenters. The zero-order valence-corrected chi connectivity index (χ0v) is 7.74. The fraction of sp³-hybridized carbons (Fsp3) is 0.300. The summed E-state index contributed by atoms with van der Waals surface area (Å²) in [6.07, 6.45) is 0. The number of hydrogen-bond acceptors (Lipinski definition) is 2. The van der Waals surface area contributed by atoms with Crippen LogP contribution >= 0.6 is 0 Å². The van der Waals surface area contributed by atoms with Gasteiger partial charge >= 0.3 is 5.97 Å². The van der Waals surface area contributed by atoms with Crippen LogP contribution in [0.4, 0.5) is 0 Å². The van der Waals surface area contributed by atoms with Gasteiger partial charge in [-0.3, -0.25) is 4.79 Å². The van der Waals surface area contributed by atoms with Gasteiger partial charge in [0.25, 0.3) is 0 Å². The van der Waals surface area contributed by atoms with Gasteiger partial charge in [0.05, 0.1) is 0 Å². The molecule has 13 heavy (non-hydrogen) atoms. The van der Waals surface area contributed by atoms with E-state index in [1.165, 1.54) is 0 Å². The summed E-state index contributed by atoms with van der Waals surface area (Å²) in [6.45, 7) is 3.73. The van der Waals surface area contributed by atoms with Crippen LogP contribution < -0.4 is 5.73 Å². The zero-order valence-electron chi connectivity index (χ0n) is 7.74. The van der Waals surface area contributed by atoms with Crippen molar-refractivity contribution in [2.24, 2.45) is 5.73 Å². The van der Waals surface area contributed by atoms with E-state index in [1.807, 2.05) is 32.0 Å². The molecule has 0 heterocycles. The molecular formula is C10H13NO2. The Morgan fingerprint density at radius 2 is 1.85 bits per heavy atom. The van der Waals surface area contributed by atoms with E-state index in [9.17, 15) is 4.79 Å². The molecule has 1 aromatic rings. The van der Waals surface area contributed by atoms with Crippen LogP contribution in [0.2, 0.25) is 0 Å². The van der Waals surface area contributed by atoms with Gasteiger partial charge in [-0.15, -0.1) is 0 Å². The van der Waals surface area contributed by atoms with E-state index in [0.29, 0.717) is 0 Å². The van der Waals surface area contributed by atoms with Gasteiger partial charge in [-0.25, -0.2) is 0 Å². The van der Waals surface area contributed by atoms with Crippen LogP contribution in [0, 0.1) is 13.8 Å². The van der Waals surface area contributed by atoms with Crippen molar-refractivity contribution in [3.05, 3.63) is 34.9 Å². The first-order valence-corrected chi connectivity index (χ1v) is 4.08. The largest absolute Gasteiger partial charge is 0.480 e. The van der Waals surface area contributed by atoms with E-state index in [1.54, 1.807) is 0 Å². The summed E-state index contributed by atoms with van der Waals surface area (Å²) < 4.78 is 0. The molecule has 3 nitrogen and oxygen atoms in total. The van der Waals surface area contributed by atoms with Crippen molar-refractivity contribution >= 4 is 5.97 Å². The summed E-state index contributed by atoms with van der Waals surface area (Å²) in [4.78, 5) is 10.7. The number of aryl methyl sites for hydroxylation is 2. The van der Waals surface area contributed by atoms with Crippen molar-refractivity contribution in [2.75, 3.05) is 0 Å². The van der Waals surface area contributed by atoms with Crippen molar-refractivity contribution in [3.8, 4) is 0 Å². The van der Waals surface area contributed by atoms with Gasteiger partial charge in [0.1, 0.15) is 6.04 Å². The van der Waals surface area contributed by atoms with E-state index >= 15 is 0 Å². The summed E-state index contributed by atoms with van der Waals surface area (Å²) in [5, 5.41) is 8.76. The van der Waals surface area contributed by atoms with Crippen LogP contribution in [0.5, 0.6) is 0 Å². The first-order valence-electron chi connectivity index (χ1n) is 4.08. The summed E-state index contributed by atoms with van der Waals surface area (Å²) in [5.74, 6) is -0.989. The Morgan fingerprint density at radius 3 is 2.23 bits per heavy atom. The molecule has 0 fully saturated rings. The molecule has 1 atom stereocenters. The highest BCUT2D eigenvalue weighted by Gasteiger charge is 2.17. The van der Waals surface area contributed by atoms with E-state index in [2.05, 4.69) is 0 Å². The molecule has 70 valence electrons. The number of carboxylic acids is 1. The normalized spacial score (nSPS) is 12.5. The zero-order chi connectivity index (χ0) is 10.0. The molecular weight excluding hydrogens is 166 g/mol. The number of carbonyl (C=O) groups is 1. The Morgan fingerprint density at radius 1 is 1.38 bits per heavy atom. The highest BCUT2D eigenvalue weighted by atomic mass is 16.4. The van der Waals surface area contributed by atoms with Crippen LogP contribution in [-0.4, -0.2) is 11.1 Å². The van der Waals surface area contributed by atoms with Crippen molar-refractivity contribution < 1.29 is 9.90 Å². The summed E-state index contributed by atoms with van der Waals surface area (Å²) in [7, 11) is 0. The summed E-state index contributed by atoms with van der Waals surface area (Å²) in [5.41, 5.74) is 8.11. The number of rotatable bonds is 2. The van der Waals surface area contributed by atoms with Crippen LogP contribution in [0.1, 0.15) is 22.7 Å². The smallest absolute Gasteiger partial charge is 0.325 e. The molecule has 0 amide bonds. The SMILES string of the molecule is Cc1cccc(C)c1[C@@H](N)C(=O)O. The average molecular weight is 179 g/mol. The lowest BCUT2D eigenvalue weighted by Gasteiger charge is -2.12. The maximum Gasteiger partial charge on any atom is 0.325 e. The number of benzene rings is 1. The van der Waals surface area contributed by atoms with E-state index < -0.39 is 12.0 Å². The van der Waals surface area contributed by atoms with Crippen LogP contribution in [-0.2, 0) is 4.79 Å². The lowest BCUT2D eigenvalue weighted by Crippen LogP contribution is -2.22. The van der Waals surface area contributed by atoms with Gasteiger partial charge in [0, 0.05) is 0 Å². The van der Waals surface area contributed by atoms with Crippen LogP contribution in [0.25, 0.3) is 0 Å². The Kier molecular flexibility index (Phi) is 2.68. The second-order valence-electron chi connectivity index (χ2n) is 3.12. The van der Waals surface area contributed by atoms with Crippen molar-refractivity contribution in [3.63, 3.8) is 0 Å². The Balaban J connectivity index is 3.20. The van der Waals surface area contributed by atoms with Gasteiger partial charge < -0.3 is 10.8 Å². The molecule has 0 spiro atoms. The maximum absolute atomic E-state index is 10.7. The Bertz CT molecular complexity index is 313. The minimum absolute atomic E-state index is 0.718. The predicted molar refractivity (Wildman–Crippen MR) is 50.5 cm³/mol. The highest BCUT2D eigenvalue weighted by molar-refractivity contribution is 5.76. The first-order chi connectivity index (χ1) is 6.04. The van der Waals surface area contributed by atoms with Gasteiger partial charge in [0.15, 0.2) is 0 Å². The van der Waals surface area contributed by atoms with Gasteiger partial charge in [-0.2, -0.15) is 0 Å². The third-order valence-corrected chi connectivity index (χ3v) is 2.12. The molecule has 0 radical (unpaired) electrons. The van der Waals surface area contributed by atoms with Gasteiger partial charge in [0.2, 0.25) is 0 Å². The molecule has 0 saturated carbocycles. The van der Waals surface area contributed by atoms with Crippen LogP contribution in [0.15, 0.2) is 18.2 Å². The van der Waals surface area contributed by atoms with E-state index in [0.717, 1.165) is 16.7 Å². The maximum atomic E-state index is 10.7. The minimum Gasteiger partial charge on any atom is -0.480 e. The first kappa shape index (κ1) is 9.74. The molecule has 1 aromatic carbocycles. The summed E-state index contributed by atoms with van der Waals surface area (Å²) >= 11 is 0. The molecule has 0 aromatic heterocycles. The van der Waals surface area contributed by atoms with Crippen LogP contribution in [0.3, 0.4) is 0 Å². The average Bonchev–Trinajstić information content (AvgIpc) is 2.03. The van der Waals surface area contributed by atoms with Crippen molar-refractivity contribution in [2.45, 2.75) is 19.9 Å². The van der Waals surface area contributed by atoms with Gasteiger partial charge in [-0.05, 0) is 30.5 Å². The fourth-order valence-corrected chi connectivity index (χ4v) is 1.44. The lowest BCUT2D eigenvalue weighted by molar-refractivity contribution is -0.138. The molecule has 3 N–H and O–H groups in total. The fourth-order valence-electron chi connectivity index (χ4n) is 1.44. The number of aliphatic carboxylic acids is 1. The molecule has 0 aliphatic carbocycles. The second-order valence-corrected chi connectivity index (χ2v) is 3.12. The number of nitrogens with two attached hydrogens (primary N) is 1. The van der Waals surface area contributed by atoms with E-state index in [4.69, 9.17) is 10.8 Å². The Hall–Kier alpha value is -1.35. The molecule has 3 heteroatoms. The quantitative estimate of drug-likeness (QED) is 0.721. The third kappa shape index (κ3) is 1.87. The summed E-state index contributed by atoms with van der Waals surface area (Å²) in [6, 6.07) is 4.71. The molecule has 0 saturated heterocycles. The molecule has 0 aliphatic rings. The molecule has 0 aliphatic heterocycles. The standard InChI is InChI=1S/C10H13NO2/c1-6-4-3-5-7(2)8(6)9(11)10(12)13/h3-5,9H,11H2,1-2H3,(H,12,13)/t9-/m1/s1. The highest BCUT2D eigenvalue weighted by Crippen LogP contribution is 2.19. The topological polar surface area (TPSA) is 63.3 Å². The second kappa shape index (κ2) is 3.58. The van der Waals surface area contributed by atoms with E-state index in [-0.39, 0.29) is 0 Å². The minimum atomic E-state index is -0.989. The lowest BCUT2D eigenvalue weighted by atomic mass is 9.97. The Labute approximate surface area is 77.2 Å². The monoisotopic (exact) mass is 179 g/mol. The van der Waals surface area contributed by atoms with Crippen molar-refractivity contribution in [1.29, 1.82) is 0 Å². The number of hydrogen-bond donors (Lipinski definition) is 2. The molecule has 1 rings (SSSR count). The van der Waals surface area contributed by atoms with Gasteiger partial charge in [-0.1, -0.05) is 18.2 Å². The predicted octanol–water partition coefficient (Wildman–Crippen LogP) is 1.39. The molecule has 0 bridgehead atoms.